The second kappa shape index (κ2) is 11.7. The number of benzene rings is 2. The zero-order valence-corrected chi connectivity index (χ0v) is 24.0. The molecule has 0 radical (unpaired) electrons. The molecule has 40 heavy (non-hydrogen) atoms. The summed E-state index contributed by atoms with van der Waals surface area (Å²) < 4.78 is 13.1. The van der Waals surface area contributed by atoms with Gasteiger partial charge in [-0.05, 0) is 36.4 Å². The number of thiazole rings is 1. The minimum absolute atomic E-state index is 0.0522. The van der Waals surface area contributed by atoms with Crippen molar-refractivity contribution in [2.24, 2.45) is 0 Å². The lowest BCUT2D eigenvalue weighted by molar-refractivity contribution is 0.0741. The summed E-state index contributed by atoms with van der Waals surface area (Å²) in [7, 11) is 1.63. The summed E-state index contributed by atoms with van der Waals surface area (Å²) >= 11 is 9.32. The van der Waals surface area contributed by atoms with E-state index in [0.29, 0.717) is 47.0 Å². The van der Waals surface area contributed by atoms with E-state index >= 15 is 0 Å². The molecule has 0 saturated carbocycles. The number of nitrogens with zero attached hydrogens (tertiary/aromatic N) is 6. The Morgan fingerprint density at radius 1 is 1.02 bits per heavy atom. The largest absolute Gasteiger partial charge is 0.495 e. The third kappa shape index (κ3) is 5.32. The quantitative estimate of drug-likeness (QED) is 0.206. The van der Waals surface area contributed by atoms with E-state index in [1.807, 2.05) is 75.5 Å². The maximum atomic E-state index is 13.2. The molecule has 0 spiro atoms. The van der Waals surface area contributed by atoms with Gasteiger partial charge < -0.3 is 19.0 Å². The number of amides is 1. The Kier molecular flexibility index (Phi) is 7.76. The molecule has 12 heteroatoms. The van der Waals surface area contributed by atoms with Crippen LogP contribution in [0.1, 0.15) is 15.5 Å². The van der Waals surface area contributed by atoms with Crippen molar-refractivity contribution >= 4 is 46.3 Å². The summed E-state index contributed by atoms with van der Waals surface area (Å²) in [6.45, 7) is 2.67. The lowest BCUT2D eigenvalue weighted by atomic mass is 10.2. The summed E-state index contributed by atoms with van der Waals surface area (Å²) in [6.07, 6.45) is 1.61. The fourth-order valence-corrected chi connectivity index (χ4v) is 6.57. The van der Waals surface area contributed by atoms with Crippen LogP contribution in [0.5, 0.6) is 5.75 Å². The van der Waals surface area contributed by atoms with Crippen LogP contribution in [0.3, 0.4) is 0 Å². The molecule has 0 aliphatic carbocycles. The average molecular weight is 593 g/mol. The van der Waals surface area contributed by atoms with Crippen LogP contribution in [0.4, 0.5) is 5.69 Å². The van der Waals surface area contributed by atoms with Gasteiger partial charge in [0.05, 0.1) is 35.5 Å². The molecule has 9 nitrogen and oxygen atoms in total. The molecule has 5 aromatic rings. The molecule has 1 aliphatic heterocycles. The average Bonchev–Trinajstić information content (AvgIpc) is 3.77. The van der Waals surface area contributed by atoms with E-state index in [0.717, 1.165) is 34.5 Å². The number of hydrogen-bond acceptors (Lipinski definition) is 9. The summed E-state index contributed by atoms with van der Waals surface area (Å²) in [4.78, 5) is 21.9. The number of methoxy groups -OCH3 is 1. The molecule has 1 aliphatic rings. The molecule has 4 heterocycles. The van der Waals surface area contributed by atoms with Crippen LogP contribution in [0.2, 0.25) is 5.02 Å². The number of thioether (sulfide) groups is 1. The first-order valence-electron chi connectivity index (χ1n) is 12.6. The number of carbonyl (C=O) groups is 1. The minimum Gasteiger partial charge on any atom is -0.495 e. The molecule has 0 unspecified atom stereocenters. The summed E-state index contributed by atoms with van der Waals surface area (Å²) in [6, 6.07) is 19.1. The Balaban J connectivity index is 1.15. The van der Waals surface area contributed by atoms with Crippen molar-refractivity contribution in [1.29, 1.82) is 0 Å². The van der Waals surface area contributed by atoms with Gasteiger partial charge in [-0.25, -0.2) is 4.98 Å². The molecular weight excluding hydrogens is 568 g/mol. The van der Waals surface area contributed by atoms with Crippen molar-refractivity contribution in [2.75, 3.05) is 38.2 Å². The molecule has 1 amide bonds. The molecule has 1 saturated heterocycles. The molecule has 6 rings (SSSR count). The van der Waals surface area contributed by atoms with Gasteiger partial charge in [0.25, 0.3) is 5.91 Å². The highest BCUT2D eigenvalue weighted by Gasteiger charge is 2.25. The number of ether oxygens (including phenoxy) is 1. The van der Waals surface area contributed by atoms with Crippen molar-refractivity contribution in [3.05, 3.63) is 88.0 Å². The number of halogens is 1. The fraction of sp³-hybridized carbons (Fsp3) is 0.214. The van der Waals surface area contributed by atoms with Gasteiger partial charge in [0.1, 0.15) is 16.5 Å². The monoisotopic (exact) mass is 592 g/mol. The first kappa shape index (κ1) is 26.4. The van der Waals surface area contributed by atoms with Crippen LogP contribution in [-0.4, -0.2) is 63.8 Å². The zero-order valence-electron chi connectivity index (χ0n) is 21.6. The number of hydrogen-bond donors (Lipinski definition) is 0. The van der Waals surface area contributed by atoms with Gasteiger partial charge in [0.15, 0.2) is 10.9 Å². The van der Waals surface area contributed by atoms with Crippen molar-refractivity contribution in [3.63, 3.8) is 0 Å². The predicted molar refractivity (Wildman–Crippen MR) is 157 cm³/mol. The molecule has 1 fully saturated rings. The lowest BCUT2D eigenvalue weighted by Crippen LogP contribution is -2.49. The Morgan fingerprint density at radius 2 is 1.80 bits per heavy atom. The Hall–Kier alpha value is -3.80. The molecule has 0 N–H and O–H groups in total. The molecule has 3 aromatic heterocycles. The van der Waals surface area contributed by atoms with Crippen LogP contribution in [0.25, 0.3) is 17.3 Å². The van der Waals surface area contributed by atoms with Crippen LogP contribution in [0.15, 0.2) is 81.9 Å². The third-order valence-corrected chi connectivity index (χ3v) is 8.85. The lowest BCUT2D eigenvalue weighted by Gasteiger charge is -2.36. The van der Waals surface area contributed by atoms with E-state index in [2.05, 4.69) is 20.1 Å². The van der Waals surface area contributed by atoms with E-state index in [-0.39, 0.29) is 5.91 Å². The van der Waals surface area contributed by atoms with Gasteiger partial charge in [0, 0.05) is 31.6 Å². The molecule has 204 valence electrons. The predicted octanol–water partition coefficient (Wildman–Crippen LogP) is 5.90. The number of carbonyl (C=O) groups excluding carboxylic acids is 1. The highest BCUT2D eigenvalue weighted by Crippen LogP contribution is 2.34. The maximum Gasteiger partial charge on any atom is 0.273 e. The fourth-order valence-electron chi connectivity index (χ4n) is 4.58. The van der Waals surface area contributed by atoms with Crippen LogP contribution in [0, 0.1) is 0 Å². The SMILES string of the molecule is COc1ccccc1-n1c(SCc2nc(C(=O)N3CCN(c4ccccc4Cl)CC3)cs2)nnc1-c1ccco1. The Labute approximate surface area is 244 Å². The molecular formula is C28H25ClN6O3S2. The summed E-state index contributed by atoms with van der Waals surface area (Å²) in [5.74, 6) is 2.34. The van der Waals surface area contributed by atoms with E-state index < -0.39 is 0 Å². The van der Waals surface area contributed by atoms with Crippen molar-refractivity contribution in [1.82, 2.24) is 24.6 Å². The zero-order chi connectivity index (χ0) is 27.5. The minimum atomic E-state index is -0.0522. The maximum absolute atomic E-state index is 13.2. The number of para-hydroxylation sites is 3. The van der Waals surface area contributed by atoms with Crippen molar-refractivity contribution < 1.29 is 13.9 Å². The van der Waals surface area contributed by atoms with Gasteiger partial charge in [-0.3, -0.25) is 9.36 Å². The second-order valence-electron chi connectivity index (χ2n) is 8.94. The smallest absolute Gasteiger partial charge is 0.273 e. The second-order valence-corrected chi connectivity index (χ2v) is 11.2. The number of piperazine rings is 1. The number of anilines is 1. The van der Waals surface area contributed by atoms with Crippen LogP contribution in [-0.2, 0) is 5.75 Å². The first-order valence-corrected chi connectivity index (χ1v) is 14.9. The third-order valence-electron chi connectivity index (χ3n) is 6.56. The van der Waals surface area contributed by atoms with Gasteiger partial charge in [-0.15, -0.1) is 21.5 Å². The Bertz CT molecular complexity index is 1610. The van der Waals surface area contributed by atoms with Crippen LogP contribution >= 0.6 is 34.7 Å². The van der Waals surface area contributed by atoms with Gasteiger partial charge >= 0.3 is 0 Å². The molecule has 0 atom stereocenters. The summed E-state index contributed by atoms with van der Waals surface area (Å²) in [5.41, 5.74) is 2.27. The van der Waals surface area contributed by atoms with Crippen LogP contribution < -0.4 is 9.64 Å². The van der Waals surface area contributed by atoms with E-state index in [9.17, 15) is 4.79 Å². The van der Waals surface area contributed by atoms with Gasteiger partial charge in [0.2, 0.25) is 5.82 Å². The highest BCUT2D eigenvalue weighted by molar-refractivity contribution is 7.98. The number of aromatic nitrogens is 4. The van der Waals surface area contributed by atoms with E-state index in [4.69, 9.17) is 20.8 Å². The normalized spacial score (nSPS) is 13.6. The first-order chi connectivity index (χ1) is 19.6. The van der Waals surface area contributed by atoms with E-state index in [1.165, 1.54) is 23.1 Å². The van der Waals surface area contributed by atoms with Crippen molar-refractivity contribution in [2.45, 2.75) is 10.9 Å². The number of rotatable bonds is 8. The highest BCUT2D eigenvalue weighted by atomic mass is 35.5. The summed E-state index contributed by atoms with van der Waals surface area (Å²) in [5, 5.41) is 12.9. The Morgan fingerprint density at radius 3 is 2.55 bits per heavy atom. The standard InChI is InChI=1S/C28H25ClN6O3S2/c1-37-23-10-5-4-9-22(23)35-26(24-11-6-16-38-24)31-32-28(35)40-18-25-30-20(17-39-25)27(36)34-14-12-33(13-15-34)21-8-3-2-7-19(21)29/h2-11,16-17H,12-15,18H2,1H3. The number of furan rings is 1. The molecule has 2 aromatic carbocycles. The van der Waals surface area contributed by atoms with Crippen molar-refractivity contribution in [3.8, 4) is 23.0 Å². The van der Waals surface area contributed by atoms with Gasteiger partial charge in [-0.1, -0.05) is 47.6 Å². The van der Waals surface area contributed by atoms with E-state index in [1.54, 1.807) is 13.4 Å². The topological polar surface area (TPSA) is 89.5 Å². The molecule has 0 bridgehead atoms. The van der Waals surface area contributed by atoms with Gasteiger partial charge in [-0.2, -0.15) is 0 Å².